The van der Waals surface area contributed by atoms with Gasteiger partial charge in [-0.25, -0.2) is 22.6 Å². The van der Waals surface area contributed by atoms with Crippen LogP contribution in [0.2, 0.25) is 0 Å². The molecule has 2 saturated heterocycles. The number of aryl methyl sites for hydroxylation is 1. The average molecular weight is 734 g/mol. The summed E-state index contributed by atoms with van der Waals surface area (Å²) in [6.45, 7) is 5.59. The van der Waals surface area contributed by atoms with Crippen LogP contribution in [0.5, 0.6) is 11.6 Å². The summed E-state index contributed by atoms with van der Waals surface area (Å²) in [5.74, 6) is 0.478. The number of anilines is 2. The lowest BCUT2D eigenvalue weighted by molar-refractivity contribution is 0.0730. The first-order valence-electron chi connectivity index (χ1n) is 15.6. The summed E-state index contributed by atoms with van der Waals surface area (Å²) in [5, 5.41) is 2.84. The summed E-state index contributed by atoms with van der Waals surface area (Å²) in [7, 11) is -3.57. The van der Waals surface area contributed by atoms with Gasteiger partial charge in [0.25, 0.3) is 0 Å². The highest BCUT2D eigenvalue weighted by molar-refractivity contribution is 7.89. The molecule has 0 aliphatic carbocycles. The van der Waals surface area contributed by atoms with Crippen LogP contribution in [0.15, 0.2) is 90.1 Å². The molecule has 1 N–H and O–H groups in total. The molecule has 2 fully saturated rings. The normalized spacial score (nSPS) is 15.8. The maximum atomic E-state index is 13.8. The fraction of sp³-hybridized carbons (Fsp3) is 0.324. The number of rotatable bonds is 9. The summed E-state index contributed by atoms with van der Waals surface area (Å²) >= 11 is 0. The predicted octanol–water partition coefficient (Wildman–Crippen LogP) is 6.28. The summed E-state index contributed by atoms with van der Waals surface area (Å²) in [6.07, 6.45) is 4.96. The molecule has 2 aliphatic heterocycles. The molecule has 49 heavy (non-hydrogen) atoms. The summed E-state index contributed by atoms with van der Waals surface area (Å²) in [4.78, 5) is 26.6. The Kier molecular flexibility index (Phi) is 13.3. The number of pyridine rings is 2. The van der Waals surface area contributed by atoms with Crippen molar-refractivity contribution in [3.8, 4) is 11.6 Å². The minimum absolute atomic E-state index is 0. The van der Waals surface area contributed by atoms with Gasteiger partial charge in [-0.1, -0.05) is 12.1 Å². The van der Waals surface area contributed by atoms with E-state index in [0.717, 1.165) is 37.2 Å². The number of hydrogen-bond donors (Lipinski definition) is 1. The number of morpholine rings is 1. The van der Waals surface area contributed by atoms with E-state index in [2.05, 4.69) is 20.2 Å². The maximum Gasteiger partial charge on any atom is 0.326 e. The molecule has 0 spiro atoms. The Morgan fingerprint density at radius 1 is 0.959 bits per heavy atom. The Hall–Kier alpha value is -3.85. The number of amides is 2. The third-order valence-corrected chi connectivity index (χ3v) is 10.2. The molecule has 4 aromatic rings. The highest BCUT2D eigenvalue weighted by Gasteiger charge is 2.30. The average Bonchev–Trinajstić information content (AvgIpc) is 3.08. The van der Waals surface area contributed by atoms with Crippen molar-refractivity contribution in [3.05, 3.63) is 102 Å². The van der Waals surface area contributed by atoms with Gasteiger partial charge in [-0.2, -0.15) is 4.31 Å². The van der Waals surface area contributed by atoms with E-state index >= 15 is 0 Å². The maximum absolute atomic E-state index is 13.8. The van der Waals surface area contributed by atoms with E-state index in [0.29, 0.717) is 55.9 Å². The molecule has 4 heterocycles. The van der Waals surface area contributed by atoms with E-state index in [4.69, 9.17) is 9.47 Å². The zero-order chi connectivity index (χ0) is 32.8. The van der Waals surface area contributed by atoms with Gasteiger partial charge in [0.2, 0.25) is 15.9 Å². The lowest BCUT2D eigenvalue weighted by atomic mass is 10.0. The Balaban J connectivity index is 0.00000270. The van der Waals surface area contributed by atoms with Gasteiger partial charge in [0.05, 0.1) is 30.0 Å². The first-order chi connectivity index (χ1) is 22.7. The zero-order valence-electron chi connectivity index (χ0n) is 26.9. The molecular weight excluding hydrogens is 694 g/mol. The third-order valence-electron chi connectivity index (χ3n) is 8.25. The van der Waals surface area contributed by atoms with Crippen molar-refractivity contribution in [1.82, 2.24) is 19.2 Å². The highest BCUT2D eigenvalue weighted by atomic mass is 35.5. The molecule has 11 nitrogen and oxygen atoms in total. The molecule has 262 valence electrons. The number of aromatic nitrogens is 2. The number of nitrogens with zero attached hydrogens (tertiary/aromatic N) is 5. The molecule has 2 aromatic carbocycles. The lowest BCUT2D eigenvalue weighted by Gasteiger charge is -2.38. The molecule has 0 radical (unpaired) electrons. The van der Waals surface area contributed by atoms with Gasteiger partial charge in [-0.15, -0.1) is 24.8 Å². The smallest absolute Gasteiger partial charge is 0.326 e. The van der Waals surface area contributed by atoms with Crippen LogP contribution in [-0.2, 0) is 21.3 Å². The quantitative estimate of drug-likeness (QED) is 0.214. The van der Waals surface area contributed by atoms with Crippen LogP contribution in [-0.4, -0.2) is 79.1 Å². The number of sulfonamides is 1. The minimum Gasteiger partial charge on any atom is -0.439 e. The number of benzene rings is 2. The van der Waals surface area contributed by atoms with Crippen LogP contribution in [0.4, 0.5) is 20.6 Å². The van der Waals surface area contributed by atoms with Crippen molar-refractivity contribution in [1.29, 1.82) is 0 Å². The second-order valence-electron chi connectivity index (χ2n) is 11.6. The number of carbonyl (C=O) groups excluding carboxylic acids is 1. The number of hydrogen-bond acceptors (Lipinski definition) is 8. The molecule has 2 amide bonds. The number of likely N-dealkylation sites (tertiary alicyclic amines) is 1. The SMILES string of the molecule is Cc1ccc(N(C(=O)Nc2cccc(F)c2)C2CCN(Cc3ccc(Oc4ccc(S(=O)(=O)N5CCOCC5)cc4)nc3)CC2)cn1.Cl.Cl. The topological polar surface area (TPSA) is 117 Å². The van der Waals surface area contributed by atoms with Crippen LogP contribution in [0, 0.1) is 12.7 Å². The van der Waals surface area contributed by atoms with Gasteiger partial charge in [-0.3, -0.25) is 14.8 Å². The number of piperidine rings is 1. The highest BCUT2D eigenvalue weighted by Crippen LogP contribution is 2.27. The predicted molar refractivity (Wildman–Crippen MR) is 190 cm³/mol. The Labute approximate surface area is 298 Å². The number of ether oxygens (including phenoxy) is 2. The molecule has 0 saturated carbocycles. The minimum atomic E-state index is -3.57. The first kappa shape index (κ1) is 38.0. The molecule has 0 bridgehead atoms. The molecule has 0 unspecified atom stereocenters. The van der Waals surface area contributed by atoms with Gasteiger partial charge in [0.1, 0.15) is 11.6 Å². The molecule has 0 atom stereocenters. The van der Waals surface area contributed by atoms with E-state index in [9.17, 15) is 17.6 Å². The fourth-order valence-corrected chi connectivity index (χ4v) is 7.15. The molecule has 15 heteroatoms. The second-order valence-corrected chi connectivity index (χ2v) is 13.5. The second kappa shape index (κ2) is 17.2. The summed E-state index contributed by atoms with van der Waals surface area (Å²) < 4.78 is 52.1. The van der Waals surface area contributed by atoms with Crippen molar-refractivity contribution in [2.75, 3.05) is 49.6 Å². The Bertz CT molecular complexity index is 1770. The van der Waals surface area contributed by atoms with E-state index in [1.54, 1.807) is 59.8 Å². The van der Waals surface area contributed by atoms with Gasteiger partial charge < -0.3 is 14.8 Å². The Morgan fingerprint density at radius 3 is 2.33 bits per heavy atom. The zero-order valence-corrected chi connectivity index (χ0v) is 29.4. The molecule has 6 rings (SSSR count). The van der Waals surface area contributed by atoms with Crippen molar-refractivity contribution >= 4 is 52.2 Å². The van der Waals surface area contributed by atoms with Gasteiger partial charge in [0, 0.05) is 62.4 Å². The molecule has 2 aromatic heterocycles. The van der Waals surface area contributed by atoms with E-state index < -0.39 is 15.8 Å². The van der Waals surface area contributed by atoms with E-state index in [1.165, 1.54) is 16.4 Å². The van der Waals surface area contributed by atoms with Crippen molar-refractivity contribution in [2.45, 2.75) is 37.2 Å². The number of carbonyl (C=O) groups is 1. The number of halogens is 3. The van der Waals surface area contributed by atoms with Crippen LogP contribution in [0.1, 0.15) is 24.1 Å². The van der Waals surface area contributed by atoms with Gasteiger partial charge in [-0.05, 0) is 79.9 Å². The van der Waals surface area contributed by atoms with Crippen molar-refractivity contribution in [3.63, 3.8) is 0 Å². The van der Waals surface area contributed by atoms with Crippen LogP contribution >= 0.6 is 24.8 Å². The van der Waals surface area contributed by atoms with Gasteiger partial charge >= 0.3 is 6.03 Å². The number of nitrogens with one attached hydrogen (secondary N) is 1. The van der Waals surface area contributed by atoms with E-state index in [-0.39, 0.29) is 41.8 Å². The largest absolute Gasteiger partial charge is 0.439 e. The summed E-state index contributed by atoms with van der Waals surface area (Å²) in [6, 6.07) is 19.3. The van der Waals surface area contributed by atoms with E-state index in [1.807, 2.05) is 25.1 Å². The van der Waals surface area contributed by atoms with Crippen LogP contribution in [0.3, 0.4) is 0 Å². The van der Waals surface area contributed by atoms with Gasteiger partial charge in [0.15, 0.2) is 0 Å². The molecular formula is C34H39Cl2FN6O5S. The third kappa shape index (κ3) is 9.65. The fourth-order valence-electron chi connectivity index (χ4n) is 5.74. The standard InChI is InChI=1S/C34H37FN6O5S.2ClH/c1-25-5-7-30(23-36-25)41(34(42)38-28-4-2-3-27(35)21-28)29-13-15-39(16-14-29)24-26-6-12-33(37-22-26)46-31-8-10-32(11-9-31)47(43,44)40-17-19-45-20-18-40;;/h2-12,21-23,29H,13-20,24H2,1H3,(H,38,42);2*1H. The Morgan fingerprint density at radius 2 is 1.69 bits per heavy atom. The van der Waals surface area contributed by atoms with Crippen LogP contribution in [0.25, 0.3) is 0 Å². The first-order valence-corrected chi connectivity index (χ1v) is 17.0. The summed E-state index contributed by atoms with van der Waals surface area (Å²) in [5.41, 5.74) is 2.96. The van der Waals surface area contributed by atoms with Crippen molar-refractivity contribution < 1.29 is 27.1 Å². The van der Waals surface area contributed by atoms with Crippen molar-refractivity contribution in [2.24, 2.45) is 0 Å². The van der Waals surface area contributed by atoms with Crippen LogP contribution < -0.4 is 15.0 Å². The monoisotopic (exact) mass is 732 g/mol. The lowest BCUT2D eigenvalue weighted by Crippen LogP contribution is -2.49. The number of urea groups is 1. The molecule has 2 aliphatic rings.